The predicted molar refractivity (Wildman–Crippen MR) is 114 cm³/mol. The number of nitrogens with zero attached hydrogens (tertiary/aromatic N) is 3. The molecule has 2 aromatic carbocycles. The van der Waals surface area contributed by atoms with E-state index < -0.39 is 0 Å². The zero-order chi connectivity index (χ0) is 17.2. The number of aryl methyl sites for hydroxylation is 1. The third kappa shape index (κ3) is 3.69. The monoisotopic (exact) mass is 367 g/mol. The first-order valence-corrected chi connectivity index (χ1v) is 9.17. The number of fused-ring (bicyclic) bond motifs is 1. The predicted octanol–water partition coefficient (Wildman–Crippen LogP) is 4.64. The number of para-hydroxylation sites is 1. The van der Waals surface area contributed by atoms with Gasteiger partial charge in [-0.05, 0) is 31.2 Å². The van der Waals surface area contributed by atoms with Gasteiger partial charge in [-0.3, -0.25) is 0 Å². The van der Waals surface area contributed by atoms with Gasteiger partial charge >= 0.3 is 0 Å². The van der Waals surface area contributed by atoms with Crippen molar-refractivity contribution in [3.8, 4) is 11.3 Å². The van der Waals surface area contributed by atoms with Crippen molar-refractivity contribution in [1.82, 2.24) is 9.88 Å². The number of rotatable bonds is 3. The number of pyridine rings is 1. The summed E-state index contributed by atoms with van der Waals surface area (Å²) in [6.45, 7) is 6.54. The molecule has 3 nitrogen and oxygen atoms in total. The molecule has 0 bridgehead atoms. The molecular weight excluding hydrogens is 342 g/mol. The Hall–Kier alpha value is -2.10. The van der Waals surface area contributed by atoms with E-state index in [1.54, 1.807) is 0 Å². The maximum absolute atomic E-state index is 4.93. The number of anilines is 1. The van der Waals surface area contributed by atoms with Gasteiger partial charge in [-0.25, -0.2) is 4.98 Å². The molecule has 1 aromatic heterocycles. The highest BCUT2D eigenvalue weighted by atomic mass is 35.5. The van der Waals surface area contributed by atoms with E-state index in [2.05, 4.69) is 78.4 Å². The molecule has 0 spiro atoms. The van der Waals surface area contributed by atoms with E-state index in [1.165, 1.54) is 22.2 Å². The van der Waals surface area contributed by atoms with Gasteiger partial charge in [0.1, 0.15) is 0 Å². The summed E-state index contributed by atoms with van der Waals surface area (Å²) in [4.78, 5) is 9.84. The largest absolute Gasteiger partial charge is 0.368 e. The van der Waals surface area contributed by atoms with Crippen LogP contribution in [0.4, 0.5) is 5.69 Å². The van der Waals surface area contributed by atoms with Crippen molar-refractivity contribution in [2.24, 2.45) is 0 Å². The van der Waals surface area contributed by atoms with Gasteiger partial charge in [0.05, 0.1) is 11.2 Å². The normalized spacial score (nSPS) is 15.1. The smallest absolute Gasteiger partial charge is 0.0730 e. The Morgan fingerprint density at radius 3 is 2.31 bits per heavy atom. The second-order valence-electron chi connectivity index (χ2n) is 6.88. The van der Waals surface area contributed by atoms with Crippen LogP contribution < -0.4 is 4.90 Å². The standard InChI is InChI=1S/C22H25N3.ClH/c1-3-17-8-10-18(11-9-17)21-16-22(25-14-12-24(2)13-15-25)19-6-4-5-7-20(19)23-21;/h4-11,16H,3,12-15H2,1-2H3;1H. The molecule has 136 valence electrons. The second-order valence-corrected chi connectivity index (χ2v) is 6.88. The molecule has 4 rings (SSSR count). The molecule has 4 heteroatoms. The van der Waals surface area contributed by atoms with Gasteiger partial charge in [0.15, 0.2) is 0 Å². The molecule has 1 aliphatic heterocycles. The minimum atomic E-state index is 0. The zero-order valence-corrected chi connectivity index (χ0v) is 16.3. The molecule has 0 aliphatic carbocycles. The Morgan fingerprint density at radius 1 is 0.923 bits per heavy atom. The van der Waals surface area contributed by atoms with Gasteiger partial charge in [0, 0.05) is 42.8 Å². The summed E-state index contributed by atoms with van der Waals surface area (Å²) in [7, 11) is 2.20. The quantitative estimate of drug-likeness (QED) is 0.672. The van der Waals surface area contributed by atoms with E-state index in [9.17, 15) is 0 Å². The fourth-order valence-corrected chi connectivity index (χ4v) is 3.53. The first-order chi connectivity index (χ1) is 12.2. The number of benzene rings is 2. The highest BCUT2D eigenvalue weighted by Crippen LogP contribution is 2.31. The molecule has 1 fully saturated rings. The lowest BCUT2D eigenvalue weighted by Crippen LogP contribution is -2.44. The molecule has 26 heavy (non-hydrogen) atoms. The summed E-state index contributed by atoms with van der Waals surface area (Å²) >= 11 is 0. The SMILES string of the molecule is CCc1ccc(-c2cc(N3CCN(C)CC3)c3ccccc3n2)cc1.Cl. The van der Waals surface area contributed by atoms with Crippen molar-refractivity contribution < 1.29 is 0 Å². The number of aromatic nitrogens is 1. The van der Waals surface area contributed by atoms with Gasteiger partial charge in [0.25, 0.3) is 0 Å². The number of hydrogen-bond acceptors (Lipinski definition) is 3. The number of piperazine rings is 1. The summed E-state index contributed by atoms with van der Waals surface area (Å²) < 4.78 is 0. The van der Waals surface area contributed by atoms with E-state index in [0.29, 0.717) is 0 Å². The van der Waals surface area contributed by atoms with Crippen LogP contribution in [0.15, 0.2) is 54.6 Å². The second kappa shape index (κ2) is 8.07. The summed E-state index contributed by atoms with van der Waals surface area (Å²) in [5.74, 6) is 0. The van der Waals surface area contributed by atoms with Crippen LogP contribution in [0.25, 0.3) is 22.2 Å². The van der Waals surface area contributed by atoms with Gasteiger partial charge in [-0.2, -0.15) is 0 Å². The minimum Gasteiger partial charge on any atom is -0.368 e. The van der Waals surface area contributed by atoms with Crippen molar-refractivity contribution in [3.63, 3.8) is 0 Å². The van der Waals surface area contributed by atoms with Gasteiger partial charge in [-0.15, -0.1) is 12.4 Å². The Bertz CT molecular complexity index is 868. The van der Waals surface area contributed by atoms with Crippen molar-refractivity contribution in [2.45, 2.75) is 13.3 Å². The molecule has 3 aromatic rings. The minimum absolute atomic E-state index is 0. The first-order valence-electron chi connectivity index (χ1n) is 9.17. The maximum atomic E-state index is 4.93. The lowest BCUT2D eigenvalue weighted by atomic mass is 10.0. The van der Waals surface area contributed by atoms with Gasteiger partial charge < -0.3 is 9.80 Å². The van der Waals surface area contributed by atoms with Crippen LogP contribution in [0.3, 0.4) is 0 Å². The Labute approximate surface area is 162 Å². The topological polar surface area (TPSA) is 19.4 Å². The number of halogens is 1. The van der Waals surface area contributed by atoms with E-state index >= 15 is 0 Å². The Balaban J connectivity index is 0.00000196. The van der Waals surface area contributed by atoms with Gasteiger partial charge in [0.2, 0.25) is 0 Å². The summed E-state index contributed by atoms with van der Waals surface area (Å²) in [6, 6.07) is 19.6. The molecule has 1 saturated heterocycles. The summed E-state index contributed by atoms with van der Waals surface area (Å²) in [5.41, 5.74) is 6.01. The van der Waals surface area contributed by atoms with Crippen LogP contribution in [0.1, 0.15) is 12.5 Å². The van der Waals surface area contributed by atoms with Gasteiger partial charge in [-0.1, -0.05) is 49.4 Å². The van der Waals surface area contributed by atoms with Crippen LogP contribution in [0, 0.1) is 0 Å². The van der Waals surface area contributed by atoms with Crippen LogP contribution >= 0.6 is 12.4 Å². The van der Waals surface area contributed by atoms with Crippen LogP contribution in [0.2, 0.25) is 0 Å². The Morgan fingerprint density at radius 2 is 1.62 bits per heavy atom. The van der Waals surface area contributed by atoms with E-state index in [1.807, 2.05) is 0 Å². The molecule has 0 amide bonds. The zero-order valence-electron chi connectivity index (χ0n) is 15.5. The fourth-order valence-electron chi connectivity index (χ4n) is 3.53. The third-order valence-corrected chi connectivity index (χ3v) is 5.20. The fraction of sp³-hybridized carbons (Fsp3) is 0.318. The average molecular weight is 368 g/mol. The van der Waals surface area contributed by atoms with Crippen LogP contribution in [-0.2, 0) is 6.42 Å². The molecular formula is C22H26ClN3. The van der Waals surface area contributed by atoms with E-state index in [4.69, 9.17) is 4.98 Å². The van der Waals surface area contributed by atoms with Crippen molar-refractivity contribution in [1.29, 1.82) is 0 Å². The summed E-state index contributed by atoms with van der Waals surface area (Å²) in [6.07, 6.45) is 1.07. The Kier molecular flexibility index (Phi) is 5.80. The lowest BCUT2D eigenvalue weighted by Gasteiger charge is -2.34. The highest BCUT2D eigenvalue weighted by molar-refractivity contribution is 5.94. The van der Waals surface area contributed by atoms with Crippen molar-refractivity contribution >= 4 is 29.0 Å². The van der Waals surface area contributed by atoms with Crippen LogP contribution in [-0.4, -0.2) is 43.1 Å². The maximum Gasteiger partial charge on any atom is 0.0730 e. The molecule has 0 unspecified atom stereocenters. The van der Waals surface area contributed by atoms with Crippen molar-refractivity contribution in [2.75, 3.05) is 38.1 Å². The molecule has 0 atom stereocenters. The third-order valence-electron chi connectivity index (χ3n) is 5.20. The van der Waals surface area contributed by atoms with Crippen molar-refractivity contribution in [3.05, 3.63) is 60.2 Å². The number of likely N-dealkylation sites (N-methyl/N-ethyl adjacent to an activating group) is 1. The summed E-state index contributed by atoms with van der Waals surface area (Å²) in [5, 5.41) is 1.25. The van der Waals surface area contributed by atoms with E-state index in [-0.39, 0.29) is 12.4 Å². The van der Waals surface area contributed by atoms with Crippen LogP contribution in [0.5, 0.6) is 0 Å². The molecule has 0 saturated carbocycles. The molecule has 0 radical (unpaired) electrons. The molecule has 0 N–H and O–H groups in total. The first kappa shape index (κ1) is 18.7. The highest BCUT2D eigenvalue weighted by Gasteiger charge is 2.18. The average Bonchev–Trinajstić information content (AvgIpc) is 2.68. The lowest BCUT2D eigenvalue weighted by molar-refractivity contribution is 0.313. The number of hydrogen-bond donors (Lipinski definition) is 0. The molecule has 1 aliphatic rings. The molecule has 2 heterocycles. The van der Waals surface area contributed by atoms with E-state index in [0.717, 1.165) is 43.8 Å².